The van der Waals surface area contributed by atoms with Gasteiger partial charge >= 0.3 is 0 Å². The van der Waals surface area contributed by atoms with Crippen LogP contribution in [0.4, 0.5) is 0 Å². The minimum atomic E-state index is 0.106. The normalized spacial score (nSPS) is 34.4. The Morgan fingerprint density at radius 2 is 2.10 bits per heavy atom. The minimum Gasteiger partial charge on any atom is -0.326 e. The van der Waals surface area contributed by atoms with Crippen LogP contribution in [0.15, 0.2) is 0 Å². The largest absolute Gasteiger partial charge is 0.326 e. The summed E-state index contributed by atoms with van der Waals surface area (Å²) in [5.74, 6) is 2.33. The maximum atomic E-state index is 8.65. The summed E-state index contributed by atoms with van der Waals surface area (Å²) in [7, 11) is 0. The second kappa shape index (κ2) is 3.85. The number of rotatable bonds is 0. The Morgan fingerprint density at radius 1 is 1.40 bits per heavy atom. The topological polar surface area (TPSA) is 49.8 Å². The van der Waals surface area contributed by atoms with Gasteiger partial charge in [0.15, 0.2) is 0 Å². The van der Waals surface area contributed by atoms with Crippen molar-refractivity contribution in [1.82, 2.24) is 0 Å². The number of thioether (sulfide) groups is 1. The molecule has 0 radical (unpaired) electrons. The summed E-state index contributed by atoms with van der Waals surface area (Å²) in [5, 5.41) is 8.65. The van der Waals surface area contributed by atoms with Gasteiger partial charge in [0.1, 0.15) is 0 Å². The van der Waals surface area contributed by atoms with Gasteiger partial charge in [-0.1, -0.05) is 0 Å². The molecule has 2 N–H and O–H groups in total. The predicted octanol–water partition coefficient (Wildman–Crippen LogP) is 0.980. The lowest BCUT2D eigenvalue weighted by molar-refractivity contribution is 0.499. The average molecular weight is 156 g/mol. The van der Waals surface area contributed by atoms with Crippen molar-refractivity contribution in [2.45, 2.75) is 18.9 Å². The number of nitrogens with two attached hydrogens (primary N) is 1. The molecule has 2 nitrogen and oxygen atoms in total. The Hall–Kier alpha value is -0.200. The predicted molar refractivity (Wildman–Crippen MR) is 43.6 cm³/mol. The van der Waals surface area contributed by atoms with Crippen molar-refractivity contribution in [1.29, 1.82) is 5.26 Å². The second-order valence-corrected chi connectivity index (χ2v) is 3.81. The summed E-state index contributed by atoms with van der Waals surface area (Å²) in [6, 6.07) is 2.38. The van der Waals surface area contributed by atoms with E-state index in [1.54, 1.807) is 0 Å². The van der Waals surface area contributed by atoms with Crippen molar-refractivity contribution < 1.29 is 0 Å². The molecule has 0 aromatic rings. The molecule has 0 saturated carbocycles. The van der Waals surface area contributed by atoms with E-state index in [2.05, 4.69) is 6.07 Å². The van der Waals surface area contributed by atoms with Crippen LogP contribution >= 0.6 is 11.8 Å². The molecular formula is C7H12N2S. The monoisotopic (exact) mass is 156 g/mol. The van der Waals surface area contributed by atoms with Gasteiger partial charge in [-0.25, -0.2) is 0 Å². The van der Waals surface area contributed by atoms with Crippen molar-refractivity contribution in [3.05, 3.63) is 0 Å². The Kier molecular flexibility index (Phi) is 3.04. The molecule has 0 bridgehead atoms. The summed E-state index contributed by atoms with van der Waals surface area (Å²) in [6.07, 6.45) is 1.98. The summed E-state index contributed by atoms with van der Waals surface area (Å²) in [4.78, 5) is 0. The molecule has 0 aromatic heterocycles. The molecule has 0 unspecified atom stereocenters. The van der Waals surface area contributed by atoms with E-state index in [1.807, 2.05) is 11.8 Å². The standard InChI is InChI=1S/C7H12N2S/c8-5-6-1-3-10-4-2-7(6)9/h6-7H,1-4,9H2/t6-,7-/m1/s1. The van der Waals surface area contributed by atoms with E-state index < -0.39 is 0 Å². The molecule has 2 atom stereocenters. The van der Waals surface area contributed by atoms with E-state index >= 15 is 0 Å². The lowest BCUT2D eigenvalue weighted by Gasteiger charge is -2.11. The third-order valence-corrected chi connectivity index (χ3v) is 2.90. The summed E-state index contributed by atoms with van der Waals surface area (Å²) >= 11 is 1.91. The van der Waals surface area contributed by atoms with E-state index in [1.165, 1.54) is 0 Å². The summed E-state index contributed by atoms with van der Waals surface area (Å²) in [6.45, 7) is 0. The van der Waals surface area contributed by atoms with Gasteiger partial charge in [0.25, 0.3) is 0 Å². The van der Waals surface area contributed by atoms with Crippen LogP contribution in [0, 0.1) is 17.2 Å². The fourth-order valence-electron chi connectivity index (χ4n) is 1.11. The zero-order valence-electron chi connectivity index (χ0n) is 5.92. The number of nitriles is 1. The molecule has 1 fully saturated rings. The van der Waals surface area contributed by atoms with Gasteiger partial charge in [0.05, 0.1) is 12.0 Å². The van der Waals surface area contributed by atoms with Crippen LogP contribution in [-0.2, 0) is 0 Å². The van der Waals surface area contributed by atoms with E-state index in [-0.39, 0.29) is 12.0 Å². The highest BCUT2D eigenvalue weighted by Crippen LogP contribution is 2.20. The maximum absolute atomic E-state index is 8.65. The molecule has 1 heterocycles. The van der Waals surface area contributed by atoms with Crippen LogP contribution in [0.25, 0.3) is 0 Å². The van der Waals surface area contributed by atoms with E-state index in [4.69, 9.17) is 11.0 Å². The van der Waals surface area contributed by atoms with Gasteiger partial charge in [0.2, 0.25) is 0 Å². The second-order valence-electron chi connectivity index (χ2n) is 2.59. The fourth-order valence-corrected chi connectivity index (χ4v) is 2.17. The van der Waals surface area contributed by atoms with Crippen molar-refractivity contribution in [2.75, 3.05) is 11.5 Å². The van der Waals surface area contributed by atoms with Crippen LogP contribution in [0.2, 0.25) is 0 Å². The van der Waals surface area contributed by atoms with E-state index in [0.717, 1.165) is 24.3 Å². The third kappa shape index (κ3) is 1.89. The Labute approximate surface area is 65.8 Å². The highest BCUT2D eigenvalue weighted by Gasteiger charge is 2.19. The fraction of sp³-hybridized carbons (Fsp3) is 0.857. The van der Waals surface area contributed by atoms with Gasteiger partial charge in [0, 0.05) is 6.04 Å². The van der Waals surface area contributed by atoms with Crippen molar-refractivity contribution in [3.8, 4) is 6.07 Å². The van der Waals surface area contributed by atoms with Crippen LogP contribution in [0.5, 0.6) is 0 Å². The first kappa shape index (κ1) is 7.90. The number of hydrogen-bond donors (Lipinski definition) is 1. The Balaban J connectivity index is 2.45. The van der Waals surface area contributed by atoms with Crippen molar-refractivity contribution in [2.24, 2.45) is 11.7 Å². The molecule has 0 aromatic carbocycles. The SMILES string of the molecule is N#C[C@H]1CCSCC[C@H]1N. The molecule has 1 rings (SSSR count). The van der Waals surface area contributed by atoms with E-state index in [9.17, 15) is 0 Å². The summed E-state index contributed by atoms with van der Waals surface area (Å²) < 4.78 is 0. The lowest BCUT2D eigenvalue weighted by atomic mass is 9.98. The van der Waals surface area contributed by atoms with Gasteiger partial charge in [-0.2, -0.15) is 17.0 Å². The molecular weight excluding hydrogens is 144 g/mol. The zero-order valence-corrected chi connectivity index (χ0v) is 6.73. The third-order valence-electron chi connectivity index (χ3n) is 1.85. The average Bonchev–Trinajstić information content (AvgIpc) is 2.13. The van der Waals surface area contributed by atoms with Gasteiger partial charge < -0.3 is 5.73 Å². The van der Waals surface area contributed by atoms with Crippen LogP contribution < -0.4 is 5.73 Å². The number of hydrogen-bond acceptors (Lipinski definition) is 3. The molecule has 0 amide bonds. The first-order chi connectivity index (χ1) is 4.84. The van der Waals surface area contributed by atoms with Crippen LogP contribution in [-0.4, -0.2) is 17.5 Å². The van der Waals surface area contributed by atoms with Gasteiger partial charge in [-0.05, 0) is 24.3 Å². The molecule has 10 heavy (non-hydrogen) atoms. The van der Waals surface area contributed by atoms with Crippen LogP contribution in [0.1, 0.15) is 12.8 Å². The summed E-state index contributed by atoms with van der Waals surface area (Å²) in [5.41, 5.74) is 5.75. The highest BCUT2D eigenvalue weighted by atomic mass is 32.2. The lowest BCUT2D eigenvalue weighted by Crippen LogP contribution is -2.28. The molecule has 3 heteroatoms. The smallest absolute Gasteiger partial charge is 0.0672 e. The molecule has 1 aliphatic heterocycles. The first-order valence-electron chi connectivity index (χ1n) is 3.57. The molecule has 1 aliphatic rings. The van der Waals surface area contributed by atoms with Gasteiger partial charge in [-0.3, -0.25) is 0 Å². The highest BCUT2D eigenvalue weighted by molar-refractivity contribution is 7.99. The Bertz CT molecular complexity index is 141. The van der Waals surface area contributed by atoms with E-state index in [0.29, 0.717) is 0 Å². The molecule has 0 spiro atoms. The molecule has 1 saturated heterocycles. The minimum absolute atomic E-state index is 0.106. The zero-order chi connectivity index (χ0) is 7.40. The van der Waals surface area contributed by atoms with Crippen molar-refractivity contribution in [3.63, 3.8) is 0 Å². The molecule has 0 aliphatic carbocycles. The first-order valence-corrected chi connectivity index (χ1v) is 4.73. The molecule has 56 valence electrons. The van der Waals surface area contributed by atoms with Crippen molar-refractivity contribution >= 4 is 11.8 Å². The number of nitrogens with zero attached hydrogens (tertiary/aromatic N) is 1. The maximum Gasteiger partial charge on any atom is 0.0672 e. The Morgan fingerprint density at radius 3 is 2.80 bits per heavy atom. The van der Waals surface area contributed by atoms with Crippen LogP contribution in [0.3, 0.4) is 0 Å². The van der Waals surface area contributed by atoms with Gasteiger partial charge in [-0.15, -0.1) is 0 Å². The quantitative estimate of drug-likeness (QED) is 0.569.